The summed E-state index contributed by atoms with van der Waals surface area (Å²) in [6.07, 6.45) is 1.54. The number of ether oxygens (including phenoxy) is 2. The molecule has 0 unspecified atom stereocenters. The van der Waals surface area contributed by atoms with Gasteiger partial charge >= 0.3 is 0 Å². The molecule has 7 nitrogen and oxygen atoms in total. The molecular weight excluding hydrogens is 446 g/mol. The van der Waals surface area contributed by atoms with Gasteiger partial charge in [-0.15, -0.1) is 5.10 Å². The number of hydrogen-bond acceptors (Lipinski definition) is 7. The molecule has 1 heterocycles. The minimum absolute atomic E-state index is 0.0165. The number of phenolic OH excluding ortho intramolecular Hbond substituents is 1. The molecule has 1 saturated heterocycles. The van der Waals surface area contributed by atoms with Crippen molar-refractivity contribution in [1.82, 2.24) is 4.90 Å². The molecule has 0 radical (unpaired) electrons. The van der Waals surface area contributed by atoms with E-state index in [0.717, 1.165) is 21.3 Å². The Balaban J connectivity index is 1.75. The van der Waals surface area contributed by atoms with E-state index < -0.39 is 0 Å². The van der Waals surface area contributed by atoms with Crippen LogP contribution in [0.25, 0.3) is 0 Å². The van der Waals surface area contributed by atoms with Crippen LogP contribution in [0.5, 0.6) is 17.2 Å². The number of thioether (sulfide) groups is 1. The van der Waals surface area contributed by atoms with Crippen molar-refractivity contribution in [3.8, 4) is 17.2 Å². The second kappa shape index (κ2) is 9.11. The highest BCUT2D eigenvalue weighted by atomic mass is 79.9. The minimum Gasteiger partial charge on any atom is -0.504 e. The number of amides is 1. The monoisotopic (exact) mass is 463 g/mol. The summed E-state index contributed by atoms with van der Waals surface area (Å²) in [6, 6.07) is 10.5. The van der Waals surface area contributed by atoms with Gasteiger partial charge in [0.25, 0.3) is 0 Å². The van der Waals surface area contributed by atoms with Crippen LogP contribution < -0.4 is 9.47 Å². The first kappa shape index (κ1) is 20.2. The van der Waals surface area contributed by atoms with E-state index in [4.69, 9.17) is 9.47 Å². The lowest BCUT2D eigenvalue weighted by Gasteiger charge is -2.16. The summed E-state index contributed by atoms with van der Waals surface area (Å²) in [5, 5.41) is 18.5. The Bertz CT molecular complexity index is 949. The molecule has 1 fully saturated rings. The van der Waals surface area contributed by atoms with Crippen molar-refractivity contribution >= 4 is 45.0 Å². The van der Waals surface area contributed by atoms with Crippen molar-refractivity contribution in [3.63, 3.8) is 0 Å². The summed E-state index contributed by atoms with van der Waals surface area (Å²) >= 11 is 4.80. The maximum absolute atomic E-state index is 12.2. The van der Waals surface area contributed by atoms with Gasteiger partial charge < -0.3 is 14.6 Å². The first-order valence-corrected chi connectivity index (χ1v) is 10.0. The summed E-state index contributed by atoms with van der Waals surface area (Å²) in [5.41, 5.74) is 1.67. The van der Waals surface area contributed by atoms with Crippen LogP contribution in [0.3, 0.4) is 0 Å². The van der Waals surface area contributed by atoms with Crippen LogP contribution in [0.1, 0.15) is 11.1 Å². The van der Waals surface area contributed by atoms with Crippen molar-refractivity contribution in [1.29, 1.82) is 0 Å². The molecule has 1 aliphatic heterocycles. The number of carbonyl (C=O) groups is 1. The highest BCUT2D eigenvalue weighted by molar-refractivity contribution is 9.10. The number of phenols is 1. The SMILES string of the molecule is COc1cc(/C=N/N=C2/SCC(=O)N2Cc2ccc(OC)c(Br)c2)ccc1O. The molecule has 0 atom stereocenters. The van der Waals surface area contributed by atoms with Crippen LogP contribution in [-0.2, 0) is 11.3 Å². The van der Waals surface area contributed by atoms with Gasteiger partial charge in [-0.3, -0.25) is 9.69 Å². The van der Waals surface area contributed by atoms with Crippen LogP contribution in [0.4, 0.5) is 0 Å². The second-order valence-electron chi connectivity index (χ2n) is 5.80. The van der Waals surface area contributed by atoms with E-state index in [-0.39, 0.29) is 11.7 Å². The van der Waals surface area contributed by atoms with Gasteiger partial charge in [-0.2, -0.15) is 5.10 Å². The zero-order valence-electron chi connectivity index (χ0n) is 15.3. The topological polar surface area (TPSA) is 83.7 Å². The lowest BCUT2D eigenvalue weighted by atomic mass is 10.2. The van der Waals surface area contributed by atoms with Gasteiger partial charge in [0.2, 0.25) is 5.91 Å². The number of carbonyl (C=O) groups excluding carboxylic acids is 1. The maximum atomic E-state index is 12.2. The van der Waals surface area contributed by atoms with E-state index in [1.807, 2.05) is 18.2 Å². The van der Waals surface area contributed by atoms with Crippen LogP contribution in [-0.4, -0.2) is 47.3 Å². The van der Waals surface area contributed by atoms with Gasteiger partial charge in [0.1, 0.15) is 5.75 Å². The molecule has 2 aromatic carbocycles. The zero-order valence-corrected chi connectivity index (χ0v) is 17.7. The summed E-state index contributed by atoms with van der Waals surface area (Å²) in [4.78, 5) is 13.8. The van der Waals surface area contributed by atoms with Crippen LogP contribution in [0, 0.1) is 0 Å². The Labute approximate surface area is 175 Å². The van der Waals surface area contributed by atoms with Gasteiger partial charge in [-0.25, -0.2) is 0 Å². The van der Waals surface area contributed by atoms with Crippen LogP contribution in [0.15, 0.2) is 51.1 Å². The Hall–Kier alpha value is -2.52. The van der Waals surface area contributed by atoms with E-state index >= 15 is 0 Å². The third-order valence-electron chi connectivity index (χ3n) is 3.97. The van der Waals surface area contributed by atoms with Gasteiger partial charge in [-0.05, 0) is 57.4 Å². The molecule has 0 aliphatic carbocycles. The Kier molecular flexibility index (Phi) is 6.58. The molecule has 0 aromatic heterocycles. The minimum atomic E-state index is -0.0165. The fourth-order valence-electron chi connectivity index (χ4n) is 2.54. The lowest BCUT2D eigenvalue weighted by molar-refractivity contribution is -0.124. The average Bonchev–Trinajstić information content (AvgIpc) is 3.03. The molecule has 1 N–H and O–H groups in total. The summed E-state index contributed by atoms with van der Waals surface area (Å²) < 4.78 is 11.1. The third kappa shape index (κ3) is 4.66. The van der Waals surface area contributed by atoms with E-state index in [1.165, 1.54) is 24.9 Å². The largest absolute Gasteiger partial charge is 0.504 e. The number of amidine groups is 1. The fraction of sp³-hybridized carbons (Fsp3) is 0.211. The van der Waals surface area contributed by atoms with Gasteiger partial charge in [0, 0.05) is 0 Å². The zero-order chi connectivity index (χ0) is 20.1. The van der Waals surface area contributed by atoms with Gasteiger partial charge in [0.05, 0.1) is 37.2 Å². The molecule has 9 heteroatoms. The molecule has 146 valence electrons. The van der Waals surface area contributed by atoms with Crippen molar-refractivity contribution in [2.24, 2.45) is 10.2 Å². The summed E-state index contributed by atoms with van der Waals surface area (Å²) in [6.45, 7) is 0.399. The van der Waals surface area contributed by atoms with E-state index in [9.17, 15) is 9.90 Å². The molecule has 3 rings (SSSR count). The quantitative estimate of drug-likeness (QED) is 0.522. The third-order valence-corrected chi connectivity index (χ3v) is 5.54. The molecule has 0 bridgehead atoms. The summed E-state index contributed by atoms with van der Waals surface area (Å²) in [5.74, 6) is 1.46. The predicted octanol–water partition coefficient (Wildman–Crippen LogP) is 3.64. The first-order chi connectivity index (χ1) is 13.5. The maximum Gasteiger partial charge on any atom is 0.239 e. The van der Waals surface area contributed by atoms with Crippen molar-refractivity contribution in [2.75, 3.05) is 20.0 Å². The lowest BCUT2D eigenvalue weighted by Crippen LogP contribution is -2.28. The van der Waals surface area contributed by atoms with Gasteiger partial charge in [-0.1, -0.05) is 17.8 Å². The number of hydrogen-bond donors (Lipinski definition) is 1. The van der Waals surface area contributed by atoms with E-state index in [2.05, 4.69) is 26.1 Å². The highest BCUT2D eigenvalue weighted by Gasteiger charge is 2.28. The van der Waals surface area contributed by atoms with Crippen molar-refractivity contribution < 1.29 is 19.4 Å². The standard InChI is InChI=1S/C19H18BrN3O4S/c1-26-16-6-4-13(7-14(16)20)10-23-18(25)11-28-19(23)22-21-9-12-3-5-15(24)17(8-12)27-2/h3-9,24H,10-11H2,1-2H3/b21-9+,22-19+. The van der Waals surface area contributed by atoms with Crippen molar-refractivity contribution in [2.45, 2.75) is 6.54 Å². The average molecular weight is 464 g/mol. The second-order valence-corrected chi connectivity index (χ2v) is 7.59. The molecule has 1 amide bonds. The number of halogens is 1. The molecule has 0 spiro atoms. The number of rotatable bonds is 6. The van der Waals surface area contributed by atoms with Crippen molar-refractivity contribution in [3.05, 3.63) is 52.0 Å². The Morgan fingerprint density at radius 2 is 2.00 bits per heavy atom. The van der Waals surface area contributed by atoms with Gasteiger partial charge in [0.15, 0.2) is 16.7 Å². The molecular formula is C19H18BrN3O4S. The van der Waals surface area contributed by atoms with Crippen LogP contribution >= 0.6 is 27.7 Å². The Morgan fingerprint density at radius 3 is 2.71 bits per heavy atom. The summed E-state index contributed by atoms with van der Waals surface area (Å²) in [7, 11) is 3.08. The fourth-order valence-corrected chi connectivity index (χ4v) is 3.96. The number of aromatic hydroxyl groups is 1. The number of methoxy groups -OCH3 is 2. The number of benzene rings is 2. The first-order valence-electron chi connectivity index (χ1n) is 8.25. The molecule has 28 heavy (non-hydrogen) atoms. The molecule has 2 aromatic rings. The highest BCUT2D eigenvalue weighted by Crippen LogP contribution is 2.28. The molecule has 1 aliphatic rings. The normalized spacial score (nSPS) is 15.6. The predicted molar refractivity (Wildman–Crippen MR) is 113 cm³/mol. The number of nitrogens with zero attached hydrogens (tertiary/aromatic N) is 3. The smallest absolute Gasteiger partial charge is 0.239 e. The van der Waals surface area contributed by atoms with E-state index in [0.29, 0.717) is 23.2 Å². The van der Waals surface area contributed by atoms with Crippen LogP contribution in [0.2, 0.25) is 0 Å². The Morgan fingerprint density at radius 1 is 1.21 bits per heavy atom. The molecule has 0 saturated carbocycles. The van der Waals surface area contributed by atoms with E-state index in [1.54, 1.807) is 30.4 Å².